The van der Waals surface area contributed by atoms with Crippen LogP contribution in [0.25, 0.3) is 0 Å². The number of hydrogen-bond donors (Lipinski definition) is 3. The third kappa shape index (κ3) is 5.58. The molecule has 4 N–H and O–H groups in total. The van der Waals surface area contributed by atoms with Crippen molar-refractivity contribution in [2.75, 3.05) is 5.32 Å². The Morgan fingerprint density at radius 1 is 1.00 bits per heavy atom. The van der Waals surface area contributed by atoms with E-state index in [0.717, 1.165) is 16.7 Å². The average molecular weight is 376 g/mol. The van der Waals surface area contributed by atoms with Crippen LogP contribution in [0, 0.1) is 13.8 Å². The fourth-order valence-electron chi connectivity index (χ4n) is 2.48. The third-order valence-corrected chi connectivity index (χ3v) is 3.88. The highest BCUT2D eigenvalue weighted by Crippen LogP contribution is 2.18. The molecule has 5 nitrogen and oxygen atoms in total. The Balaban J connectivity index is 0.00000338. The Bertz CT molecular complexity index is 773. The Morgan fingerprint density at radius 2 is 1.62 bits per heavy atom. The standard InChI is InChI=1S/C20H25N3O2.ClH/c1-12(2)22-19(24)17-10-9-16(11-14(17)4)23-20(25)18(21)15-7-5-13(3)6-8-15;/h5-12,18H,21H2,1-4H3,(H,22,24)(H,23,25);1H. The third-order valence-electron chi connectivity index (χ3n) is 3.88. The van der Waals surface area contributed by atoms with Gasteiger partial charge >= 0.3 is 0 Å². The van der Waals surface area contributed by atoms with E-state index in [9.17, 15) is 9.59 Å². The monoisotopic (exact) mass is 375 g/mol. The molecule has 26 heavy (non-hydrogen) atoms. The van der Waals surface area contributed by atoms with Crippen molar-refractivity contribution in [2.45, 2.75) is 39.8 Å². The number of rotatable bonds is 5. The number of benzene rings is 2. The number of nitrogens with one attached hydrogen (secondary N) is 2. The maximum absolute atomic E-state index is 12.4. The summed E-state index contributed by atoms with van der Waals surface area (Å²) >= 11 is 0. The Hall–Kier alpha value is -2.37. The van der Waals surface area contributed by atoms with E-state index in [2.05, 4.69) is 10.6 Å². The van der Waals surface area contributed by atoms with Crippen molar-refractivity contribution < 1.29 is 9.59 Å². The summed E-state index contributed by atoms with van der Waals surface area (Å²) in [6, 6.07) is 12.1. The van der Waals surface area contributed by atoms with Gasteiger partial charge in [0.25, 0.3) is 5.91 Å². The first-order valence-electron chi connectivity index (χ1n) is 8.32. The van der Waals surface area contributed by atoms with Crippen LogP contribution in [-0.2, 0) is 4.79 Å². The predicted molar refractivity (Wildman–Crippen MR) is 108 cm³/mol. The lowest BCUT2D eigenvalue weighted by atomic mass is 10.0. The van der Waals surface area contributed by atoms with Crippen LogP contribution in [-0.4, -0.2) is 17.9 Å². The maximum atomic E-state index is 12.4. The molecule has 2 aromatic carbocycles. The fraction of sp³-hybridized carbons (Fsp3) is 0.300. The van der Waals surface area contributed by atoms with Crippen molar-refractivity contribution in [2.24, 2.45) is 5.73 Å². The van der Waals surface area contributed by atoms with Crippen LogP contribution in [0.2, 0.25) is 0 Å². The van der Waals surface area contributed by atoms with E-state index in [1.165, 1.54) is 0 Å². The molecule has 0 aliphatic heterocycles. The number of aryl methyl sites for hydroxylation is 2. The first kappa shape index (κ1) is 21.7. The molecule has 0 aromatic heterocycles. The van der Waals surface area contributed by atoms with E-state index >= 15 is 0 Å². The number of amides is 2. The van der Waals surface area contributed by atoms with Gasteiger partial charge in [0, 0.05) is 17.3 Å². The highest BCUT2D eigenvalue weighted by molar-refractivity contribution is 5.98. The van der Waals surface area contributed by atoms with Crippen molar-refractivity contribution in [3.8, 4) is 0 Å². The normalized spacial score (nSPS) is 11.5. The van der Waals surface area contributed by atoms with Gasteiger partial charge < -0.3 is 16.4 Å². The van der Waals surface area contributed by atoms with E-state index in [-0.39, 0.29) is 30.3 Å². The first-order chi connectivity index (χ1) is 11.8. The molecule has 140 valence electrons. The molecular weight excluding hydrogens is 350 g/mol. The summed E-state index contributed by atoms with van der Waals surface area (Å²) in [5.41, 5.74) is 9.90. The molecule has 0 aliphatic rings. The second kappa shape index (κ2) is 9.36. The molecule has 0 fully saturated rings. The number of nitrogens with two attached hydrogens (primary N) is 1. The van der Waals surface area contributed by atoms with Crippen molar-refractivity contribution in [1.29, 1.82) is 0 Å². The van der Waals surface area contributed by atoms with Crippen LogP contribution in [0.3, 0.4) is 0 Å². The molecule has 0 aliphatic carbocycles. The van der Waals surface area contributed by atoms with E-state index in [1.807, 2.05) is 52.0 Å². The SMILES string of the molecule is Cc1ccc(C(N)C(=O)Nc2ccc(C(=O)NC(C)C)c(C)c2)cc1.Cl. The number of anilines is 1. The van der Waals surface area contributed by atoms with Gasteiger partial charge in [-0.05, 0) is 57.0 Å². The van der Waals surface area contributed by atoms with Crippen LogP contribution in [0.5, 0.6) is 0 Å². The minimum Gasteiger partial charge on any atom is -0.350 e. The number of halogens is 1. The summed E-state index contributed by atoms with van der Waals surface area (Å²) < 4.78 is 0. The number of hydrogen-bond acceptors (Lipinski definition) is 3. The minimum atomic E-state index is -0.746. The van der Waals surface area contributed by atoms with Gasteiger partial charge in [-0.15, -0.1) is 12.4 Å². The second-order valence-corrected chi connectivity index (χ2v) is 6.54. The van der Waals surface area contributed by atoms with E-state index in [0.29, 0.717) is 11.3 Å². The van der Waals surface area contributed by atoms with E-state index in [1.54, 1.807) is 18.2 Å². The lowest BCUT2D eigenvalue weighted by molar-refractivity contribution is -0.117. The van der Waals surface area contributed by atoms with Crippen LogP contribution in [0.1, 0.15) is 46.9 Å². The molecule has 2 aromatic rings. The summed E-state index contributed by atoms with van der Waals surface area (Å²) in [7, 11) is 0. The molecular formula is C20H26ClN3O2. The zero-order valence-corrected chi connectivity index (χ0v) is 16.3. The zero-order chi connectivity index (χ0) is 18.6. The smallest absolute Gasteiger partial charge is 0.251 e. The van der Waals surface area contributed by atoms with Crippen molar-refractivity contribution in [3.63, 3.8) is 0 Å². The average Bonchev–Trinajstić information content (AvgIpc) is 2.54. The lowest BCUT2D eigenvalue weighted by Crippen LogP contribution is -2.30. The van der Waals surface area contributed by atoms with Crippen molar-refractivity contribution >= 4 is 29.9 Å². The molecule has 0 saturated carbocycles. The molecule has 0 bridgehead atoms. The molecule has 1 unspecified atom stereocenters. The quantitative estimate of drug-likeness (QED) is 0.747. The van der Waals surface area contributed by atoms with Crippen LogP contribution in [0.15, 0.2) is 42.5 Å². The van der Waals surface area contributed by atoms with Crippen LogP contribution in [0.4, 0.5) is 5.69 Å². The molecule has 6 heteroatoms. The Labute approximate surface area is 160 Å². The molecule has 0 radical (unpaired) electrons. The maximum Gasteiger partial charge on any atom is 0.251 e. The topological polar surface area (TPSA) is 84.2 Å². The molecule has 0 spiro atoms. The largest absolute Gasteiger partial charge is 0.350 e. The van der Waals surface area contributed by atoms with E-state index < -0.39 is 6.04 Å². The van der Waals surface area contributed by atoms with Gasteiger partial charge in [-0.1, -0.05) is 29.8 Å². The molecule has 2 amide bonds. The predicted octanol–water partition coefficient (Wildman–Crippen LogP) is 3.50. The summed E-state index contributed by atoms with van der Waals surface area (Å²) in [5, 5.41) is 5.66. The van der Waals surface area contributed by atoms with Gasteiger partial charge in [-0.2, -0.15) is 0 Å². The highest BCUT2D eigenvalue weighted by atomic mass is 35.5. The van der Waals surface area contributed by atoms with Crippen LogP contribution >= 0.6 is 12.4 Å². The minimum absolute atomic E-state index is 0. The molecule has 0 heterocycles. The van der Waals surface area contributed by atoms with Gasteiger partial charge in [0.15, 0.2) is 0 Å². The number of carbonyl (C=O) groups is 2. The molecule has 0 saturated heterocycles. The fourth-order valence-corrected chi connectivity index (χ4v) is 2.48. The summed E-state index contributed by atoms with van der Waals surface area (Å²) in [6.07, 6.45) is 0. The Morgan fingerprint density at radius 3 is 2.15 bits per heavy atom. The first-order valence-corrected chi connectivity index (χ1v) is 8.32. The van der Waals surface area contributed by atoms with E-state index in [4.69, 9.17) is 5.73 Å². The molecule has 2 rings (SSSR count). The summed E-state index contributed by atoms with van der Waals surface area (Å²) in [4.78, 5) is 24.5. The zero-order valence-electron chi connectivity index (χ0n) is 15.5. The van der Waals surface area contributed by atoms with Gasteiger partial charge in [0.1, 0.15) is 6.04 Å². The lowest BCUT2D eigenvalue weighted by Gasteiger charge is -2.15. The van der Waals surface area contributed by atoms with Gasteiger partial charge in [0.2, 0.25) is 5.91 Å². The summed E-state index contributed by atoms with van der Waals surface area (Å²) in [6.45, 7) is 7.64. The van der Waals surface area contributed by atoms with Crippen molar-refractivity contribution in [1.82, 2.24) is 5.32 Å². The van der Waals surface area contributed by atoms with Gasteiger partial charge in [-0.25, -0.2) is 0 Å². The molecule has 1 atom stereocenters. The summed E-state index contributed by atoms with van der Waals surface area (Å²) in [5.74, 6) is -0.413. The highest BCUT2D eigenvalue weighted by Gasteiger charge is 2.17. The number of carbonyl (C=O) groups excluding carboxylic acids is 2. The second-order valence-electron chi connectivity index (χ2n) is 6.54. The van der Waals surface area contributed by atoms with Gasteiger partial charge in [-0.3, -0.25) is 9.59 Å². The van der Waals surface area contributed by atoms with Gasteiger partial charge in [0.05, 0.1) is 0 Å². The van der Waals surface area contributed by atoms with Crippen molar-refractivity contribution in [3.05, 3.63) is 64.7 Å². The van der Waals surface area contributed by atoms with Crippen LogP contribution < -0.4 is 16.4 Å². The Kier molecular flexibility index (Phi) is 7.80.